The van der Waals surface area contributed by atoms with E-state index in [1.807, 2.05) is 0 Å². The maximum absolute atomic E-state index is 13.2. The van der Waals surface area contributed by atoms with E-state index >= 15 is 0 Å². The summed E-state index contributed by atoms with van der Waals surface area (Å²) in [4.78, 5) is 31.7. The Morgan fingerprint density at radius 3 is 2.45 bits per heavy atom. The third-order valence-corrected chi connectivity index (χ3v) is 7.70. The Kier molecular flexibility index (Phi) is 7.65. The molecule has 2 amide bonds. The molecule has 5 heteroatoms. The van der Waals surface area contributed by atoms with Crippen LogP contribution in [0.15, 0.2) is 24.3 Å². The van der Waals surface area contributed by atoms with E-state index in [0.717, 1.165) is 58.4 Å². The number of hydrogen-bond acceptors (Lipinski definition) is 3. The minimum absolute atomic E-state index is 0.154. The van der Waals surface area contributed by atoms with Crippen LogP contribution in [0.3, 0.4) is 0 Å². The summed E-state index contributed by atoms with van der Waals surface area (Å²) >= 11 is 0. The van der Waals surface area contributed by atoms with Crippen LogP contribution < -0.4 is 0 Å². The maximum Gasteiger partial charge on any atom is 0.242 e. The number of hydrogen-bond donors (Lipinski definition) is 0. The molecule has 1 aliphatic carbocycles. The molecule has 170 valence electrons. The van der Waals surface area contributed by atoms with Gasteiger partial charge in [-0.05, 0) is 75.6 Å². The maximum atomic E-state index is 13.2. The zero-order chi connectivity index (χ0) is 21.6. The number of rotatable bonds is 8. The smallest absolute Gasteiger partial charge is 0.242 e. The minimum atomic E-state index is 0.154. The lowest BCUT2D eigenvalue weighted by Crippen LogP contribution is -2.48. The van der Waals surface area contributed by atoms with Crippen LogP contribution in [0.25, 0.3) is 0 Å². The summed E-state index contributed by atoms with van der Waals surface area (Å²) in [6, 6.07) is 9.09. The Morgan fingerprint density at radius 1 is 1.03 bits per heavy atom. The van der Waals surface area contributed by atoms with Gasteiger partial charge in [-0.2, -0.15) is 0 Å². The molecule has 2 heterocycles. The molecule has 2 aliphatic heterocycles. The van der Waals surface area contributed by atoms with Crippen LogP contribution >= 0.6 is 0 Å². The molecule has 3 fully saturated rings. The molecular formula is C26H39N3O2. The van der Waals surface area contributed by atoms with Crippen molar-refractivity contribution in [1.82, 2.24) is 14.7 Å². The van der Waals surface area contributed by atoms with Crippen molar-refractivity contribution in [2.45, 2.75) is 70.8 Å². The van der Waals surface area contributed by atoms with Crippen molar-refractivity contribution >= 4 is 11.8 Å². The predicted molar refractivity (Wildman–Crippen MR) is 124 cm³/mol. The van der Waals surface area contributed by atoms with Crippen molar-refractivity contribution in [3.05, 3.63) is 35.4 Å². The van der Waals surface area contributed by atoms with Crippen molar-refractivity contribution in [3.8, 4) is 0 Å². The molecule has 0 unspecified atom stereocenters. The predicted octanol–water partition coefficient (Wildman–Crippen LogP) is 3.64. The molecule has 0 atom stereocenters. The summed E-state index contributed by atoms with van der Waals surface area (Å²) in [5, 5.41) is 0. The van der Waals surface area contributed by atoms with E-state index in [-0.39, 0.29) is 11.8 Å². The first-order chi connectivity index (χ1) is 15.1. The Bertz CT molecular complexity index is 751. The zero-order valence-electron chi connectivity index (χ0n) is 19.2. The first kappa shape index (κ1) is 22.3. The highest BCUT2D eigenvalue weighted by Crippen LogP contribution is 2.27. The summed E-state index contributed by atoms with van der Waals surface area (Å²) in [5.74, 6) is 0.930. The fourth-order valence-corrected chi connectivity index (χ4v) is 5.64. The van der Waals surface area contributed by atoms with Crippen molar-refractivity contribution in [2.24, 2.45) is 5.92 Å². The first-order valence-corrected chi connectivity index (χ1v) is 12.4. The molecule has 0 aromatic heterocycles. The van der Waals surface area contributed by atoms with Crippen molar-refractivity contribution in [1.29, 1.82) is 0 Å². The Hall–Kier alpha value is -1.88. The third kappa shape index (κ3) is 5.88. The summed E-state index contributed by atoms with van der Waals surface area (Å²) in [6.07, 6.45) is 9.70. The number of nitrogens with zero attached hydrogens (tertiary/aromatic N) is 3. The number of piperidine rings is 1. The second-order valence-corrected chi connectivity index (χ2v) is 9.86. The summed E-state index contributed by atoms with van der Waals surface area (Å²) in [6.45, 7) is 7.53. The summed E-state index contributed by atoms with van der Waals surface area (Å²) in [7, 11) is 0. The number of likely N-dealkylation sites (tertiary alicyclic amines) is 2. The van der Waals surface area contributed by atoms with Gasteiger partial charge in [-0.15, -0.1) is 0 Å². The van der Waals surface area contributed by atoms with Crippen LogP contribution in [0.1, 0.15) is 62.5 Å². The van der Waals surface area contributed by atoms with Gasteiger partial charge in [0.2, 0.25) is 11.8 Å². The molecule has 4 rings (SSSR count). The van der Waals surface area contributed by atoms with Crippen LogP contribution in [0.2, 0.25) is 0 Å². The van der Waals surface area contributed by atoms with Crippen LogP contribution in [0.5, 0.6) is 0 Å². The van der Waals surface area contributed by atoms with E-state index in [1.54, 1.807) is 4.90 Å². The van der Waals surface area contributed by atoms with E-state index in [4.69, 9.17) is 0 Å². The molecule has 0 bridgehead atoms. The van der Waals surface area contributed by atoms with Crippen LogP contribution in [-0.4, -0.2) is 71.8 Å². The molecule has 5 nitrogen and oxygen atoms in total. The van der Waals surface area contributed by atoms with Gasteiger partial charge in [-0.25, -0.2) is 0 Å². The fraction of sp³-hybridized carbons (Fsp3) is 0.692. The largest absolute Gasteiger partial charge is 0.338 e. The van der Waals surface area contributed by atoms with Gasteiger partial charge in [0.15, 0.2) is 0 Å². The molecular weight excluding hydrogens is 386 g/mol. The van der Waals surface area contributed by atoms with E-state index in [0.29, 0.717) is 24.9 Å². The van der Waals surface area contributed by atoms with Gasteiger partial charge in [-0.3, -0.25) is 9.59 Å². The SMILES string of the molecule is Cc1ccccc1CCN1CCC(CN(C(=O)CN2CCCC2=O)C2CCCC2)CC1. The van der Waals surface area contributed by atoms with E-state index in [2.05, 4.69) is 41.0 Å². The molecule has 3 aliphatic rings. The fourth-order valence-electron chi connectivity index (χ4n) is 5.64. The monoisotopic (exact) mass is 425 g/mol. The molecule has 2 saturated heterocycles. The average molecular weight is 426 g/mol. The molecule has 31 heavy (non-hydrogen) atoms. The highest BCUT2D eigenvalue weighted by atomic mass is 16.2. The van der Waals surface area contributed by atoms with Crippen LogP contribution in [-0.2, 0) is 16.0 Å². The molecule has 0 radical (unpaired) electrons. The van der Waals surface area contributed by atoms with Crippen molar-refractivity contribution in [2.75, 3.05) is 39.3 Å². The average Bonchev–Trinajstić information content (AvgIpc) is 3.45. The van der Waals surface area contributed by atoms with E-state index < -0.39 is 0 Å². The normalized spacial score (nSPS) is 21.2. The quantitative estimate of drug-likeness (QED) is 0.639. The summed E-state index contributed by atoms with van der Waals surface area (Å²) < 4.78 is 0. The summed E-state index contributed by atoms with van der Waals surface area (Å²) in [5.41, 5.74) is 2.85. The molecule has 1 saturated carbocycles. The van der Waals surface area contributed by atoms with Gasteiger partial charge in [0, 0.05) is 32.1 Å². The van der Waals surface area contributed by atoms with Gasteiger partial charge in [0.25, 0.3) is 0 Å². The molecule has 0 N–H and O–H groups in total. The lowest BCUT2D eigenvalue weighted by Gasteiger charge is -2.37. The number of carbonyl (C=O) groups excluding carboxylic acids is 2. The Balaban J connectivity index is 1.27. The van der Waals surface area contributed by atoms with E-state index in [9.17, 15) is 9.59 Å². The number of aryl methyl sites for hydroxylation is 1. The lowest BCUT2D eigenvalue weighted by molar-refractivity contribution is -0.140. The third-order valence-electron chi connectivity index (χ3n) is 7.70. The van der Waals surface area contributed by atoms with Crippen molar-refractivity contribution < 1.29 is 9.59 Å². The van der Waals surface area contributed by atoms with E-state index in [1.165, 1.54) is 36.8 Å². The number of benzene rings is 1. The van der Waals surface area contributed by atoms with Gasteiger partial charge >= 0.3 is 0 Å². The first-order valence-electron chi connectivity index (χ1n) is 12.4. The van der Waals surface area contributed by atoms with Gasteiger partial charge in [-0.1, -0.05) is 37.1 Å². The number of carbonyl (C=O) groups is 2. The van der Waals surface area contributed by atoms with Crippen LogP contribution in [0, 0.1) is 12.8 Å². The number of amides is 2. The second-order valence-electron chi connectivity index (χ2n) is 9.86. The highest BCUT2D eigenvalue weighted by molar-refractivity contribution is 5.86. The lowest BCUT2D eigenvalue weighted by atomic mass is 9.94. The van der Waals surface area contributed by atoms with Gasteiger partial charge in [0.05, 0.1) is 6.54 Å². The van der Waals surface area contributed by atoms with Gasteiger partial charge < -0.3 is 14.7 Å². The van der Waals surface area contributed by atoms with Crippen LogP contribution in [0.4, 0.5) is 0 Å². The molecule has 1 aromatic rings. The zero-order valence-corrected chi connectivity index (χ0v) is 19.2. The minimum Gasteiger partial charge on any atom is -0.338 e. The van der Waals surface area contributed by atoms with Crippen molar-refractivity contribution in [3.63, 3.8) is 0 Å². The molecule has 0 spiro atoms. The Labute approximate surface area is 187 Å². The Morgan fingerprint density at radius 2 is 1.77 bits per heavy atom. The highest BCUT2D eigenvalue weighted by Gasteiger charge is 2.32. The standard InChI is InChI=1S/C26H39N3O2/c1-21-7-2-3-8-23(21)14-18-27-16-12-22(13-17-27)19-29(24-9-4-5-10-24)26(31)20-28-15-6-11-25(28)30/h2-3,7-8,22,24H,4-6,9-20H2,1H3. The molecule has 1 aromatic carbocycles. The van der Waals surface area contributed by atoms with Gasteiger partial charge in [0.1, 0.15) is 0 Å². The topological polar surface area (TPSA) is 43.9 Å². The second kappa shape index (κ2) is 10.6.